The summed E-state index contributed by atoms with van der Waals surface area (Å²) in [7, 11) is 0. The lowest BCUT2D eigenvalue weighted by molar-refractivity contribution is 0.298. The molecule has 18 heavy (non-hydrogen) atoms. The maximum atomic E-state index is 4.00. The first-order valence-electron chi connectivity index (χ1n) is 6.18. The molecule has 0 saturated heterocycles. The molecule has 0 aromatic carbocycles. The van der Waals surface area contributed by atoms with E-state index in [0.29, 0.717) is 0 Å². The van der Waals surface area contributed by atoms with Crippen LogP contribution in [0.3, 0.4) is 0 Å². The first-order chi connectivity index (χ1) is 7.86. The second kappa shape index (κ2) is 13.1. The highest BCUT2D eigenvalue weighted by atomic mass is 35.5. The van der Waals surface area contributed by atoms with Gasteiger partial charge in [0, 0.05) is 18.9 Å². The van der Waals surface area contributed by atoms with Crippen molar-refractivity contribution in [2.45, 2.75) is 26.8 Å². The minimum absolute atomic E-state index is 0. The number of nitrogens with one attached hydrogen (secondary N) is 1. The lowest BCUT2D eigenvalue weighted by atomic mass is 10.2. The molecule has 3 nitrogen and oxygen atoms in total. The van der Waals surface area contributed by atoms with Gasteiger partial charge in [-0.3, -0.25) is 4.98 Å². The van der Waals surface area contributed by atoms with Crippen LogP contribution in [0, 0.1) is 0 Å². The fourth-order valence-corrected chi connectivity index (χ4v) is 1.70. The van der Waals surface area contributed by atoms with Gasteiger partial charge in [0.2, 0.25) is 0 Å². The average molecular weight is 294 g/mol. The van der Waals surface area contributed by atoms with Crippen molar-refractivity contribution in [2.24, 2.45) is 0 Å². The Bertz CT molecular complexity index is 266. The summed E-state index contributed by atoms with van der Waals surface area (Å²) in [6, 6.07) is 4.11. The predicted molar refractivity (Wildman–Crippen MR) is 82.8 cm³/mol. The molecule has 106 valence electrons. The summed E-state index contributed by atoms with van der Waals surface area (Å²) < 4.78 is 0. The van der Waals surface area contributed by atoms with Crippen LogP contribution in [0.5, 0.6) is 0 Å². The molecule has 1 rings (SSSR count). The van der Waals surface area contributed by atoms with Gasteiger partial charge in [0.25, 0.3) is 0 Å². The number of pyridine rings is 1. The third kappa shape index (κ3) is 8.70. The molecule has 0 fully saturated rings. The van der Waals surface area contributed by atoms with Gasteiger partial charge in [-0.2, -0.15) is 0 Å². The molecule has 0 aliphatic heterocycles. The fourth-order valence-electron chi connectivity index (χ4n) is 1.70. The molecule has 0 amide bonds. The maximum Gasteiger partial charge on any atom is 0.0271 e. The molecule has 1 heterocycles. The van der Waals surface area contributed by atoms with E-state index >= 15 is 0 Å². The second-order valence-corrected chi connectivity index (χ2v) is 3.91. The molecule has 0 radical (unpaired) electrons. The van der Waals surface area contributed by atoms with Gasteiger partial charge < -0.3 is 10.2 Å². The molecule has 1 aromatic rings. The van der Waals surface area contributed by atoms with Crippen LogP contribution in [0.25, 0.3) is 0 Å². The van der Waals surface area contributed by atoms with Crippen molar-refractivity contribution >= 4 is 24.8 Å². The highest BCUT2D eigenvalue weighted by Gasteiger charge is 1.97. The SMILES string of the molecule is CCN(CC)CCCNCc1ccncc1.Cl.Cl. The summed E-state index contributed by atoms with van der Waals surface area (Å²) in [6.45, 7) is 9.96. The van der Waals surface area contributed by atoms with Gasteiger partial charge >= 0.3 is 0 Å². The Hall–Kier alpha value is -0.350. The molecule has 0 atom stereocenters. The van der Waals surface area contributed by atoms with Gasteiger partial charge in [-0.15, -0.1) is 24.8 Å². The second-order valence-electron chi connectivity index (χ2n) is 3.91. The van der Waals surface area contributed by atoms with E-state index in [2.05, 4.69) is 41.2 Å². The molecule has 1 N–H and O–H groups in total. The first kappa shape index (κ1) is 20.0. The molecule has 0 saturated carbocycles. The largest absolute Gasteiger partial charge is 0.313 e. The number of rotatable bonds is 8. The number of halogens is 2. The molecule has 5 heteroatoms. The van der Waals surface area contributed by atoms with Gasteiger partial charge in [0.1, 0.15) is 0 Å². The van der Waals surface area contributed by atoms with Crippen molar-refractivity contribution in [2.75, 3.05) is 26.2 Å². The van der Waals surface area contributed by atoms with E-state index in [1.54, 1.807) is 0 Å². The van der Waals surface area contributed by atoms with E-state index in [4.69, 9.17) is 0 Å². The van der Waals surface area contributed by atoms with E-state index in [0.717, 1.165) is 26.2 Å². The Morgan fingerprint density at radius 1 is 1.11 bits per heavy atom. The zero-order valence-electron chi connectivity index (χ0n) is 11.3. The smallest absolute Gasteiger partial charge is 0.0271 e. The van der Waals surface area contributed by atoms with Gasteiger partial charge in [0.05, 0.1) is 0 Å². The number of nitrogens with zero attached hydrogens (tertiary/aromatic N) is 2. The van der Waals surface area contributed by atoms with Crippen molar-refractivity contribution in [1.82, 2.24) is 15.2 Å². The van der Waals surface area contributed by atoms with Gasteiger partial charge in [-0.05, 0) is 50.3 Å². The summed E-state index contributed by atoms with van der Waals surface area (Å²) in [5, 5.41) is 3.45. The summed E-state index contributed by atoms with van der Waals surface area (Å²) in [6.07, 6.45) is 4.90. The zero-order valence-corrected chi connectivity index (χ0v) is 12.9. The molecule has 1 aromatic heterocycles. The lowest BCUT2D eigenvalue weighted by Gasteiger charge is -2.17. The van der Waals surface area contributed by atoms with Crippen molar-refractivity contribution in [3.63, 3.8) is 0 Å². The van der Waals surface area contributed by atoms with Gasteiger partial charge in [0.15, 0.2) is 0 Å². The summed E-state index contributed by atoms with van der Waals surface area (Å²) in [5.74, 6) is 0. The van der Waals surface area contributed by atoms with Crippen LogP contribution >= 0.6 is 24.8 Å². The highest BCUT2D eigenvalue weighted by Crippen LogP contribution is 1.95. The van der Waals surface area contributed by atoms with Crippen LogP contribution in [0.15, 0.2) is 24.5 Å². The normalized spacial score (nSPS) is 9.72. The van der Waals surface area contributed by atoms with Crippen LogP contribution in [-0.4, -0.2) is 36.1 Å². The predicted octanol–water partition coefficient (Wildman–Crippen LogP) is 2.75. The van der Waals surface area contributed by atoms with Crippen molar-refractivity contribution in [1.29, 1.82) is 0 Å². The summed E-state index contributed by atoms with van der Waals surface area (Å²) in [5.41, 5.74) is 1.30. The van der Waals surface area contributed by atoms with Crippen LogP contribution < -0.4 is 5.32 Å². The molecular formula is C13H25Cl2N3. The average Bonchev–Trinajstić information content (AvgIpc) is 2.35. The lowest BCUT2D eigenvalue weighted by Crippen LogP contribution is -2.27. The molecule has 0 unspecified atom stereocenters. The summed E-state index contributed by atoms with van der Waals surface area (Å²) in [4.78, 5) is 6.45. The van der Waals surface area contributed by atoms with Crippen molar-refractivity contribution in [3.05, 3.63) is 30.1 Å². The topological polar surface area (TPSA) is 28.2 Å². The third-order valence-electron chi connectivity index (χ3n) is 2.80. The van der Waals surface area contributed by atoms with E-state index in [9.17, 15) is 0 Å². The molecule has 0 bridgehead atoms. The Morgan fingerprint density at radius 3 is 2.28 bits per heavy atom. The molecule has 0 spiro atoms. The Kier molecular flexibility index (Phi) is 14.5. The van der Waals surface area contributed by atoms with Crippen LogP contribution in [0.1, 0.15) is 25.8 Å². The van der Waals surface area contributed by atoms with Gasteiger partial charge in [-0.25, -0.2) is 0 Å². The monoisotopic (exact) mass is 293 g/mol. The Balaban J connectivity index is 0. The van der Waals surface area contributed by atoms with Crippen LogP contribution in [0.2, 0.25) is 0 Å². The quantitative estimate of drug-likeness (QED) is 0.747. The molecule has 0 aliphatic carbocycles. The van der Waals surface area contributed by atoms with E-state index in [-0.39, 0.29) is 24.8 Å². The number of hydrogen-bond acceptors (Lipinski definition) is 3. The van der Waals surface area contributed by atoms with E-state index in [1.807, 2.05) is 12.4 Å². The molecule has 0 aliphatic rings. The summed E-state index contributed by atoms with van der Waals surface area (Å²) >= 11 is 0. The number of hydrogen-bond donors (Lipinski definition) is 1. The minimum atomic E-state index is 0. The fraction of sp³-hybridized carbons (Fsp3) is 0.615. The van der Waals surface area contributed by atoms with Gasteiger partial charge in [-0.1, -0.05) is 13.8 Å². The zero-order chi connectivity index (χ0) is 11.6. The minimum Gasteiger partial charge on any atom is -0.313 e. The highest BCUT2D eigenvalue weighted by molar-refractivity contribution is 5.85. The maximum absolute atomic E-state index is 4.00. The van der Waals surface area contributed by atoms with E-state index < -0.39 is 0 Å². The number of aromatic nitrogens is 1. The molecular weight excluding hydrogens is 269 g/mol. The standard InChI is InChI=1S/C13H23N3.2ClH/c1-3-16(4-2)11-5-8-15-12-13-6-9-14-10-7-13;;/h6-7,9-10,15H,3-5,8,11-12H2,1-2H3;2*1H. The third-order valence-corrected chi connectivity index (χ3v) is 2.80. The van der Waals surface area contributed by atoms with Crippen LogP contribution in [-0.2, 0) is 6.54 Å². The Labute approximate surface area is 123 Å². The van der Waals surface area contributed by atoms with Crippen molar-refractivity contribution < 1.29 is 0 Å². The van der Waals surface area contributed by atoms with Crippen molar-refractivity contribution in [3.8, 4) is 0 Å². The van der Waals surface area contributed by atoms with Crippen LogP contribution in [0.4, 0.5) is 0 Å². The van der Waals surface area contributed by atoms with E-state index in [1.165, 1.54) is 18.5 Å². The first-order valence-corrected chi connectivity index (χ1v) is 6.18. The Morgan fingerprint density at radius 2 is 1.72 bits per heavy atom.